The van der Waals surface area contributed by atoms with Crippen LogP contribution >= 0.6 is 11.3 Å². The molecule has 2 rings (SSSR count). The monoisotopic (exact) mass is 207 g/mol. The van der Waals surface area contributed by atoms with Crippen LogP contribution in [0.1, 0.15) is 21.5 Å². The van der Waals surface area contributed by atoms with E-state index in [9.17, 15) is 4.79 Å². The van der Waals surface area contributed by atoms with E-state index in [0.717, 1.165) is 4.88 Å². The predicted molar refractivity (Wildman–Crippen MR) is 54.3 cm³/mol. The lowest BCUT2D eigenvalue weighted by molar-refractivity contribution is 0.0935. The summed E-state index contributed by atoms with van der Waals surface area (Å²) in [6.07, 6.45) is 1.47. The highest BCUT2D eigenvalue weighted by atomic mass is 32.1. The number of hydrogen-bond donors (Lipinski definition) is 1. The topological polar surface area (TPSA) is 56.2 Å². The first-order chi connectivity index (χ1) is 6.79. The Bertz CT molecular complexity index is 405. The first-order valence-electron chi connectivity index (χ1n) is 4.16. The molecule has 2 heterocycles. The van der Waals surface area contributed by atoms with Crippen molar-refractivity contribution in [2.45, 2.75) is 6.04 Å². The van der Waals surface area contributed by atoms with Crippen LogP contribution in [0.3, 0.4) is 0 Å². The Morgan fingerprint density at radius 3 is 2.86 bits per heavy atom. The number of ketones is 1. The average Bonchev–Trinajstić information content (AvgIpc) is 2.87. The Morgan fingerprint density at radius 2 is 2.29 bits per heavy atom. The molecular weight excluding hydrogens is 198 g/mol. The normalized spacial score (nSPS) is 12.6. The van der Waals surface area contributed by atoms with E-state index in [1.54, 1.807) is 12.1 Å². The summed E-state index contributed by atoms with van der Waals surface area (Å²) in [5.41, 5.74) is 5.78. The molecule has 0 fully saturated rings. The largest absolute Gasteiger partial charge is 0.461 e. The van der Waals surface area contributed by atoms with E-state index in [2.05, 4.69) is 0 Å². The van der Waals surface area contributed by atoms with E-state index >= 15 is 0 Å². The number of Topliss-reactive ketones (excluding diaryl/α,β-unsaturated/α-hetero) is 1. The lowest BCUT2D eigenvalue weighted by atomic mass is 10.1. The molecule has 0 aromatic carbocycles. The van der Waals surface area contributed by atoms with Crippen molar-refractivity contribution >= 4 is 17.1 Å². The highest BCUT2D eigenvalue weighted by Gasteiger charge is 2.20. The van der Waals surface area contributed by atoms with Gasteiger partial charge in [-0.3, -0.25) is 4.79 Å². The maximum Gasteiger partial charge on any atom is 0.219 e. The third-order valence-corrected chi connectivity index (χ3v) is 2.85. The summed E-state index contributed by atoms with van der Waals surface area (Å²) in [5.74, 6) is 0.128. The fourth-order valence-electron chi connectivity index (χ4n) is 1.17. The Balaban J connectivity index is 2.21. The van der Waals surface area contributed by atoms with Crippen LogP contribution in [0.25, 0.3) is 0 Å². The molecule has 0 aliphatic rings. The number of thiophene rings is 1. The summed E-state index contributed by atoms with van der Waals surface area (Å²) < 4.78 is 4.99. The van der Waals surface area contributed by atoms with Gasteiger partial charge in [0.05, 0.1) is 6.26 Å². The molecule has 72 valence electrons. The van der Waals surface area contributed by atoms with Gasteiger partial charge in [-0.25, -0.2) is 0 Å². The number of furan rings is 1. The maximum atomic E-state index is 11.7. The Labute approximate surface area is 85.2 Å². The Kier molecular flexibility index (Phi) is 2.47. The summed E-state index contributed by atoms with van der Waals surface area (Å²) in [4.78, 5) is 12.5. The van der Waals surface area contributed by atoms with Crippen LogP contribution in [0.5, 0.6) is 0 Å². The molecule has 0 radical (unpaired) electrons. The van der Waals surface area contributed by atoms with Crippen molar-refractivity contribution in [2.24, 2.45) is 5.73 Å². The van der Waals surface area contributed by atoms with Crippen LogP contribution < -0.4 is 5.73 Å². The van der Waals surface area contributed by atoms with Crippen molar-refractivity contribution in [1.29, 1.82) is 0 Å². The first-order valence-corrected chi connectivity index (χ1v) is 5.03. The highest BCUT2D eigenvalue weighted by molar-refractivity contribution is 7.10. The summed E-state index contributed by atoms with van der Waals surface area (Å²) in [7, 11) is 0. The lowest BCUT2D eigenvalue weighted by Gasteiger charge is -2.05. The minimum atomic E-state index is -0.610. The molecular formula is C10H9NO2S. The molecule has 0 amide bonds. The minimum Gasteiger partial charge on any atom is -0.461 e. The van der Waals surface area contributed by atoms with Crippen molar-refractivity contribution in [1.82, 2.24) is 0 Å². The van der Waals surface area contributed by atoms with Crippen LogP contribution in [0.2, 0.25) is 0 Å². The molecule has 0 aliphatic carbocycles. The molecule has 2 aromatic rings. The smallest absolute Gasteiger partial charge is 0.219 e. The van der Waals surface area contributed by atoms with Crippen LogP contribution in [-0.4, -0.2) is 5.78 Å². The molecule has 0 bridgehead atoms. The average molecular weight is 207 g/mol. The zero-order chi connectivity index (χ0) is 9.97. The molecule has 0 spiro atoms. The van der Waals surface area contributed by atoms with E-state index < -0.39 is 6.04 Å². The fraction of sp³-hybridized carbons (Fsp3) is 0.100. The van der Waals surface area contributed by atoms with Crippen molar-refractivity contribution in [2.75, 3.05) is 0 Å². The first kappa shape index (κ1) is 9.18. The van der Waals surface area contributed by atoms with E-state index in [4.69, 9.17) is 10.2 Å². The van der Waals surface area contributed by atoms with E-state index in [1.807, 2.05) is 17.5 Å². The minimum absolute atomic E-state index is 0.183. The Morgan fingerprint density at radius 1 is 1.43 bits per heavy atom. The van der Waals surface area contributed by atoms with Crippen molar-refractivity contribution in [3.63, 3.8) is 0 Å². The van der Waals surface area contributed by atoms with Gasteiger partial charge in [-0.05, 0) is 23.6 Å². The third kappa shape index (κ3) is 1.62. The van der Waals surface area contributed by atoms with Gasteiger partial charge in [0.25, 0.3) is 0 Å². The van der Waals surface area contributed by atoms with Crippen LogP contribution in [0.4, 0.5) is 0 Å². The van der Waals surface area contributed by atoms with Crippen LogP contribution in [0, 0.1) is 0 Å². The number of carbonyl (C=O) groups is 1. The number of nitrogens with two attached hydrogens (primary N) is 1. The quantitative estimate of drug-likeness (QED) is 0.785. The number of carbonyl (C=O) groups excluding carboxylic acids is 1. The number of hydrogen-bond acceptors (Lipinski definition) is 4. The van der Waals surface area contributed by atoms with Gasteiger partial charge >= 0.3 is 0 Å². The lowest BCUT2D eigenvalue weighted by Crippen LogP contribution is -2.19. The molecule has 1 unspecified atom stereocenters. The highest BCUT2D eigenvalue weighted by Crippen LogP contribution is 2.20. The zero-order valence-electron chi connectivity index (χ0n) is 7.34. The third-order valence-electron chi connectivity index (χ3n) is 1.90. The Hall–Kier alpha value is -1.39. The SMILES string of the molecule is NC(C(=O)c1ccco1)c1cccs1. The van der Waals surface area contributed by atoms with Gasteiger partial charge in [0.15, 0.2) is 5.76 Å². The molecule has 3 nitrogen and oxygen atoms in total. The summed E-state index contributed by atoms with van der Waals surface area (Å²) in [6, 6.07) is 6.40. The van der Waals surface area contributed by atoms with Gasteiger partial charge in [0, 0.05) is 4.88 Å². The van der Waals surface area contributed by atoms with Gasteiger partial charge in [-0.2, -0.15) is 0 Å². The second-order valence-corrected chi connectivity index (χ2v) is 3.81. The molecule has 14 heavy (non-hydrogen) atoms. The summed E-state index contributed by atoms with van der Waals surface area (Å²) >= 11 is 1.47. The fourth-order valence-corrected chi connectivity index (χ4v) is 1.89. The molecule has 1 atom stereocenters. The van der Waals surface area contributed by atoms with Gasteiger partial charge in [0.1, 0.15) is 6.04 Å². The van der Waals surface area contributed by atoms with Crippen molar-refractivity contribution in [3.8, 4) is 0 Å². The van der Waals surface area contributed by atoms with Crippen molar-refractivity contribution < 1.29 is 9.21 Å². The number of rotatable bonds is 3. The van der Waals surface area contributed by atoms with Gasteiger partial charge in [-0.1, -0.05) is 6.07 Å². The van der Waals surface area contributed by atoms with E-state index in [0.29, 0.717) is 5.76 Å². The second kappa shape index (κ2) is 3.77. The molecule has 2 aromatic heterocycles. The summed E-state index contributed by atoms with van der Waals surface area (Å²) in [5, 5.41) is 1.89. The van der Waals surface area contributed by atoms with Crippen LogP contribution in [0.15, 0.2) is 40.3 Å². The molecule has 4 heteroatoms. The zero-order valence-corrected chi connectivity index (χ0v) is 8.16. The van der Waals surface area contributed by atoms with E-state index in [-0.39, 0.29) is 5.78 Å². The van der Waals surface area contributed by atoms with Gasteiger partial charge < -0.3 is 10.2 Å². The summed E-state index contributed by atoms with van der Waals surface area (Å²) in [6.45, 7) is 0. The molecule has 0 aliphatic heterocycles. The van der Waals surface area contributed by atoms with Crippen molar-refractivity contribution in [3.05, 3.63) is 46.5 Å². The van der Waals surface area contributed by atoms with Crippen LogP contribution in [-0.2, 0) is 0 Å². The molecule has 0 saturated heterocycles. The van der Waals surface area contributed by atoms with Gasteiger partial charge in [-0.15, -0.1) is 11.3 Å². The van der Waals surface area contributed by atoms with E-state index in [1.165, 1.54) is 17.6 Å². The molecule has 0 saturated carbocycles. The molecule has 2 N–H and O–H groups in total. The standard InChI is InChI=1S/C10H9NO2S/c11-9(8-4-2-6-14-8)10(12)7-3-1-5-13-7/h1-6,9H,11H2. The van der Waals surface area contributed by atoms with Gasteiger partial charge in [0.2, 0.25) is 5.78 Å². The maximum absolute atomic E-state index is 11.7. The second-order valence-electron chi connectivity index (χ2n) is 2.83. The predicted octanol–water partition coefficient (Wildman–Crippen LogP) is 2.22.